The maximum atomic E-state index is 13.4. The van der Waals surface area contributed by atoms with Crippen LogP contribution in [0.2, 0.25) is 0 Å². The molecule has 186 valence electrons. The smallest absolute Gasteiger partial charge is 0.261 e. The van der Waals surface area contributed by atoms with Gasteiger partial charge in [0.25, 0.3) is 11.8 Å². The number of carbonyl (C=O) groups excluding carboxylic acids is 4. The molecule has 0 fully saturated rings. The van der Waals surface area contributed by atoms with Gasteiger partial charge in [-0.3, -0.25) is 24.1 Å². The third-order valence-electron chi connectivity index (χ3n) is 5.95. The Kier molecular flexibility index (Phi) is 8.63. The maximum absolute atomic E-state index is 13.4. The molecule has 0 saturated heterocycles. The number of fused-ring (bicyclic) bond motifs is 1. The Morgan fingerprint density at radius 2 is 1.69 bits per heavy atom. The minimum atomic E-state index is -0.643. The molecule has 1 aliphatic rings. The summed E-state index contributed by atoms with van der Waals surface area (Å²) < 4.78 is 5.30. The topological polar surface area (TPSA) is 96.0 Å². The highest BCUT2D eigenvalue weighted by Crippen LogP contribution is 2.23. The van der Waals surface area contributed by atoms with E-state index in [0.717, 1.165) is 5.56 Å². The van der Waals surface area contributed by atoms with Gasteiger partial charge in [-0.05, 0) is 56.5 Å². The number of benzene rings is 2. The van der Waals surface area contributed by atoms with Crippen molar-refractivity contribution in [3.05, 3.63) is 65.2 Å². The van der Waals surface area contributed by atoms with Gasteiger partial charge in [0.1, 0.15) is 11.8 Å². The molecule has 1 N–H and O–H groups in total. The van der Waals surface area contributed by atoms with E-state index >= 15 is 0 Å². The molecule has 1 atom stereocenters. The van der Waals surface area contributed by atoms with Crippen molar-refractivity contribution in [1.82, 2.24) is 15.1 Å². The Morgan fingerprint density at radius 3 is 2.26 bits per heavy atom. The number of hydrogen-bond acceptors (Lipinski definition) is 5. The Labute approximate surface area is 206 Å². The van der Waals surface area contributed by atoms with Crippen LogP contribution < -0.4 is 10.1 Å². The van der Waals surface area contributed by atoms with Crippen LogP contribution in [0.5, 0.6) is 5.75 Å². The van der Waals surface area contributed by atoms with Crippen LogP contribution in [0.25, 0.3) is 0 Å². The average molecular weight is 480 g/mol. The summed E-state index contributed by atoms with van der Waals surface area (Å²) in [5.41, 5.74) is 1.62. The summed E-state index contributed by atoms with van der Waals surface area (Å²) in [5, 5.41) is 2.90. The lowest BCUT2D eigenvalue weighted by Gasteiger charge is -2.31. The fourth-order valence-corrected chi connectivity index (χ4v) is 4.24. The molecule has 35 heavy (non-hydrogen) atoms. The predicted octanol–water partition coefficient (Wildman–Crippen LogP) is 3.40. The fraction of sp³-hybridized carbons (Fsp3) is 0.407. The predicted molar refractivity (Wildman–Crippen MR) is 132 cm³/mol. The van der Waals surface area contributed by atoms with Crippen LogP contribution >= 0.6 is 0 Å². The highest BCUT2D eigenvalue weighted by atomic mass is 16.5. The number of hydrogen-bond donors (Lipinski definition) is 1. The second kappa shape index (κ2) is 11.6. The highest BCUT2D eigenvalue weighted by molar-refractivity contribution is 6.21. The van der Waals surface area contributed by atoms with Gasteiger partial charge in [-0.1, -0.05) is 31.2 Å². The van der Waals surface area contributed by atoms with Crippen molar-refractivity contribution >= 4 is 23.6 Å². The van der Waals surface area contributed by atoms with Gasteiger partial charge in [-0.2, -0.15) is 0 Å². The molecule has 3 rings (SSSR count). The Bertz CT molecular complexity index is 1060. The van der Waals surface area contributed by atoms with E-state index in [1.54, 1.807) is 36.3 Å². The number of nitrogens with one attached hydrogen (secondary N) is 1. The lowest BCUT2D eigenvalue weighted by molar-refractivity contribution is -0.141. The van der Waals surface area contributed by atoms with Crippen molar-refractivity contribution in [2.45, 2.75) is 58.7 Å². The van der Waals surface area contributed by atoms with E-state index in [1.165, 1.54) is 4.90 Å². The summed E-state index contributed by atoms with van der Waals surface area (Å²) in [5.74, 6) is -0.433. The molecule has 1 heterocycles. The van der Waals surface area contributed by atoms with Crippen LogP contribution in [-0.4, -0.2) is 59.2 Å². The molecule has 0 aliphatic carbocycles. The molecule has 0 spiro atoms. The number of nitrogens with zero attached hydrogens (tertiary/aromatic N) is 2. The lowest BCUT2D eigenvalue weighted by Crippen LogP contribution is -2.50. The maximum Gasteiger partial charge on any atom is 0.261 e. The lowest BCUT2D eigenvalue weighted by atomic mass is 10.1. The summed E-state index contributed by atoms with van der Waals surface area (Å²) in [6.07, 6.45) is 0.858. The molecule has 0 radical (unpaired) electrons. The summed E-state index contributed by atoms with van der Waals surface area (Å²) in [7, 11) is 1.58. The van der Waals surface area contributed by atoms with Crippen molar-refractivity contribution in [2.75, 3.05) is 13.7 Å². The van der Waals surface area contributed by atoms with Crippen LogP contribution in [0.1, 0.15) is 66.3 Å². The first-order valence-electron chi connectivity index (χ1n) is 11.9. The number of amides is 4. The standard InChI is InChI=1S/C27H33N3O5/c1-5-23(25(32)28-18(2)3)30(17-19-10-8-11-20(16-19)35-4)24(31)14-9-15-29-26(33)21-12-6-7-13-22(21)27(29)34/h6-8,10-13,16,18,23H,5,9,14-15,17H2,1-4H3,(H,28,32). The quantitative estimate of drug-likeness (QED) is 0.499. The molecule has 8 heteroatoms. The monoisotopic (exact) mass is 479 g/mol. The molecule has 2 aromatic rings. The van der Waals surface area contributed by atoms with Gasteiger partial charge in [0, 0.05) is 25.6 Å². The number of rotatable bonds is 11. The van der Waals surface area contributed by atoms with Crippen molar-refractivity contribution in [3.8, 4) is 5.75 Å². The molecule has 0 aromatic heterocycles. The van der Waals surface area contributed by atoms with E-state index in [9.17, 15) is 19.2 Å². The zero-order valence-electron chi connectivity index (χ0n) is 20.7. The molecule has 8 nitrogen and oxygen atoms in total. The third kappa shape index (κ3) is 6.07. The largest absolute Gasteiger partial charge is 0.497 e. The van der Waals surface area contributed by atoms with E-state index in [4.69, 9.17) is 4.74 Å². The zero-order chi connectivity index (χ0) is 25.5. The number of imide groups is 1. The van der Waals surface area contributed by atoms with Crippen molar-refractivity contribution in [2.24, 2.45) is 0 Å². The molecule has 4 amide bonds. The molecule has 1 unspecified atom stereocenters. The summed E-state index contributed by atoms with van der Waals surface area (Å²) in [6.45, 7) is 6.00. The van der Waals surface area contributed by atoms with Gasteiger partial charge in [0.15, 0.2) is 0 Å². The van der Waals surface area contributed by atoms with Gasteiger partial charge in [0.05, 0.1) is 18.2 Å². The first-order valence-corrected chi connectivity index (χ1v) is 11.9. The van der Waals surface area contributed by atoms with Crippen LogP contribution in [0.3, 0.4) is 0 Å². The van der Waals surface area contributed by atoms with Gasteiger partial charge >= 0.3 is 0 Å². The van der Waals surface area contributed by atoms with Crippen LogP contribution in [0.4, 0.5) is 0 Å². The van der Waals surface area contributed by atoms with Gasteiger partial charge in [-0.15, -0.1) is 0 Å². The van der Waals surface area contributed by atoms with Crippen LogP contribution in [0.15, 0.2) is 48.5 Å². The Balaban J connectivity index is 1.72. The molecule has 0 bridgehead atoms. The van der Waals surface area contributed by atoms with E-state index in [0.29, 0.717) is 29.7 Å². The van der Waals surface area contributed by atoms with E-state index in [2.05, 4.69) is 5.32 Å². The second-order valence-corrected chi connectivity index (χ2v) is 8.87. The van der Waals surface area contributed by atoms with E-state index < -0.39 is 6.04 Å². The molecular formula is C27H33N3O5. The summed E-state index contributed by atoms with van der Waals surface area (Å²) in [4.78, 5) is 54.3. The normalized spacial score (nSPS) is 13.6. The van der Waals surface area contributed by atoms with Gasteiger partial charge in [0.2, 0.25) is 11.8 Å². The number of ether oxygens (including phenoxy) is 1. The van der Waals surface area contributed by atoms with Crippen LogP contribution in [0, 0.1) is 0 Å². The van der Waals surface area contributed by atoms with Gasteiger partial charge in [-0.25, -0.2) is 0 Å². The van der Waals surface area contributed by atoms with Crippen molar-refractivity contribution in [3.63, 3.8) is 0 Å². The van der Waals surface area contributed by atoms with Crippen molar-refractivity contribution in [1.29, 1.82) is 0 Å². The first kappa shape index (κ1) is 25.9. The molecular weight excluding hydrogens is 446 g/mol. The second-order valence-electron chi connectivity index (χ2n) is 8.87. The minimum Gasteiger partial charge on any atom is -0.497 e. The Hall–Kier alpha value is -3.68. The Morgan fingerprint density at radius 1 is 1.03 bits per heavy atom. The van der Waals surface area contributed by atoms with E-state index in [-0.39, 0.29) is 49.2 Å². The summed E-state index contributed by atoms with van der Waals surface area (Å²) >= 11 is 0. The number of carbonyl (C=O) groups is 4. The highest BCUT2D eigenvalue weighted by Gasteiger charge is 2.35. The molecule has 0 saturated carbocycles. The molecule has 1 aliphatic heterocycles. The summed E-state index contributed by atoms with van der Waals surface area (Å²) in [6, 6.07) is 13.4. The van der Waals surface area contributed by atoms with E-state index in [1.807, 2.05) is 45.0 Å². The number of methoxy groups -OCH3 is 1. The van der Waals surface area contributed by atoms with Crippen molar-refractivity contribution < 1.29 is 23.9 Å². The SMILES string of the molecule is CCC(C(=O)NC(C)C)N(Cc1cccc(OC)c1)C(=O)CCCN1C(=O)c2ccccc2C1=O. The van der Waals surface area contributed by atoms with Gasteiger partial charge < -0.3 is 15.0 Å². The average Bonchev–Trinajstić information content (AvgIpc) is 3.08. The minimum absolute atomic E-state index is 0.0563. The third-order valence-corrected chi connectivity index (χ3v) is 5.95. The first-order chi connectivity index (χ1) is 16.8. The zero-order valence-corrected chi connectivity index (χ0v) is 20.7. The van der Waals surface area contributed by atoms with Crippen LogP contribution in [-0.2, 0) is 16.1 Å². The fourth-order valence-electron chi connectivity index (χ4n) is 4.24. The molecule has 2 aromatic carbocycles.